The van der Waals surface area contributed by atoms with Crippen LogP contribution in [0.1, 0.15) is 25.0 Å². The second-order valence-corrected chi connectivity index (χ2v) is 6.62. The summed E-state index contributed by atoms with van der Waals surface area (Å²) in [4.78, 5) is 4.28. The highest BCUT2D eigenvalue weighted by Gasteiger charge is 2.13. The predicted molar refractivity (Wildman–Crippen MR) is 131 cm³/mol. The standard InChI is InChI=1S/C22H31N3O4.HI/c1-15(2)29-18-9-7-16(8-10-18)13-24-22(23-3)25-14-17-11-19(26-4)21(28-6)20(12-17)27-5;/h7-12,15H,13-14H2,1-6H3,(H2,23,24,25);1H. The van der Waals surface area contributed by atoms with Gasteiger partial charge in [0.1, 0.15) is 5.75 Å². The molecule has 0 bridgehead atoms. The molecule has 7 nitrogen and oxygen atoms in total. The zero-order valence-electron chi connectivity index (χ0n) is 18.4. The van der Waals surface area contributed by atoms with E-state index < -0.39 is 0 Å². The number of rotatable bonds is 9. The van der Waals surface area contributed by atoms with Crippen molar-refractivity contribution in [3.8, 4) is 23.0 Å². The van der Waals surface area contributed by atoms with Crippen molar-refractivity contribution in [3.63, 3.8) is 0 Å². The van der Waals surface area contributed by atoms with Gasteiger partial charge in [0.05, 0.1) is 27.4 Å². The zero-order chi connectivity index (χ0) is 21.2. The maximum atomic E-state index is 5.67. The first kappa shape index (κ1) is 25.7. The zero-order valence-corrected chi connectivity index (χ0v) is 20.8. The van der Waals surface area contributed by atoms with Crippen LogP contribution in [0.4, 0.5) is 0 Å². The van der Waals surface area contributed by atoms with Gasteiger partial charge < -0.3 is 29.6 Å². The van der Waals surface area contributed by atoms with Crippen molar-refractivity contribution < 1.29 is 18.9 Å². The van der Waals surface area contributed by atoms with Crippen molar-refractivity contribution in [2.75, 3.05) is 28.4 Å². The average Bonchev–Trinajstić information content (AvgIpc) is 2.73. The molecule has 166 valence electrons. The van der Waals surface area contributed by atoms with Gasteiger partial charge in [0.15, 0.2) is 17.5 Å². The number of nitrogens with one attached hydrogen (secondary N) is 2. The van der Waals surface area contributed by atoms with Crippen molar-refractivity contribution in [3.05, 3.63) is 47.5 Å². The number of hydrogen-bond donors (Lipinski definition) is 2. The summed E-state index contributed by atoms with van der Waals surface area (Å²) in [6.07, 6.45) is 0.164. The first-order valence-corrected chi connectivity index (χ1v) is 9.49. The van der Waals surface area contributed by atoms with Gasteiger partial charge in [0.2, 0.25) is 5.75 Å². The van der Waals surface area contributed by atoms with Crippen LogP contribution < -0.4 is 29.6 Å². The monoisotopic (exact) mass is 529 g/mol. The lowest BCUT2D eigenvalue weighted by molar-refractivity contribution is 0.242. The minimum Gasteiger partial charge on any atom is -0.493 e. The molecular formula is C22H32IN3O4. The summed E-state index contributed by atoms with van der Waals surface area (Å²) < 4.78 is 21.8. The number of benzene rings is 2. The first-order chi connectivity index (χ1) is 14.0. The molecule has 0 aliphatic rings. The third-order valence-corrected chi connectivity index (χ3v) is 4.16. The largest absolute Gasteiger partial charge is 0.493 e. The van der Waals surface area contributed by atoms with Crippen LogP contribution >= 0.6 is 24.0 Å². The lowest BCUT2D eigenvalue weighted by Crippen LogP contribution is -2.36. The summed E-state index contributed by atoms with van der Waals surface area (Å²) in [6, 6.07) is 11.9. The summed E-state index contributed by atoms with van der Waals surface area (Å²) in [5, 5.41) is 6.60. The highest BCUT2D eigenvalue weighted by atomic mass is 127. The summed E-state index contributed by atoms with van der Waals surface area (Å²) >= 11 is 0. The van der Waals surface area contributed by atoms with Gasteiger partial charge in [0, 0.05) is 20.1 Å². The smallest absolute Gasteiger partial charge is 0.203 e. The van der Waals surface area contributed by atoms with Gasteiger partial charge in [-0.15, -0.1) is 24.0 Å². The fourth-order valence-electron chi connectivity index (χ4n) is 2.79. The van der Waals surface area contributed by atoms with Crippen molar-refractivity contribution in [2.45, 2.75) is 33.0 Å². The number of aliphatic imine (C=N–C) groups is 1. The maximum absolute atomic E-state index is 5.67. The number of methoxy groups -OCH3 is 3. The van der Waals surface area contributed by atoms with Gasteiger partial charge in [0.25, 0.3) is 0 Å². The molecule has 0 aliphatic carbocycles. The Hall–Kier alpha value is -2.36. The van der Waals surface area contributed by atoms with E-state index in [0.717, 1.165) is 16.9 Å². The van der Waals surface area contributed by atoms with Gasteiger partial charge in [-0.2, -0.15) is 0 Å². The van der Waals surface area contributed by atoms with Crippen molar-refractivity contribution in [1.29, 1.82) is 0 Å². The molecule has 0 aliphatic heterocycles. The van der Waals surface area contributed by atoms with Gasteiger partial charge in [-0.1, -0.05) is 12.1 Å². The third kappa shape index (κ3) is 7.47. The molecular weight excluding hydrogens is 497 g/mol. The van der Waals surface area contributed by atoms with Crippen LogP contribution in [0.15, 0.2) is 41.4 Å². The topological polar surface area (TPSA) is 73.3 Å². The SMILES string of the molecule is CN=C(NCc1ccc(OC(C)C)cc1)NCc1cc(OC)c(OC)c(OC)c1.I. The number of guanidine groups is 1. The van der Waals surface area contributed by atoms with Crippen molar-refractivity contribution in [2.24, 2.45) is 4.99 Å². The van der Waals surface area contributed by atoms with Crippen LogP contribution in [0, 0.1) is 0 Å². The Labute approximate surface area is 196 Å². The Morgan fingerprint density at radius 2 is 1.40 bits per heavy atom. The van der Waals surface area contributed by atoms with Gasteiger partial charge in [-0.05, 0) is 49.2 Å². The van der Waals surface area contributed by atoms with Crippen LogP contribution in [-0.4, -0.2) is 40.4 Å². The number of hydrogen-bond acceptors (Lipinski definition) is 5. The molecule has 0 heterocycles. The molecule has 2 aromatic carbocycles. The molecule has 2 aromatic rings. The lowest BCUT2D eigenvalue weighted by atomic mass is 10.2. The Bertz CT molecular complexity index is 786. The molecule has 0 radical (unpaired) electrons. The second kappa shape index (κ2) is 13.0. The van der Waals surface area contributed by atoms with Crippen LogP contribution in [0.5, 0.6) is 23.0 Å². The molecule has 0 aromatic heterocycles. The summed E-state index contributed by atoms with van der Waals surface area (Å²) in [5.41, 5.74) is 2.12. The Morgan fingerprint density at radius 1 is 0.867 bits per heavy atom. The summed E-state index contributed by atoms with van der Waals surface area (Å²) in [7, 11) is 6.54. The number of ether oxygens (including phenoxy) is 4. The molecule has 2 rings (SSSR count). The lowest BCUT2D eigenvalue weighted by Gasteiger charge is -2.16. The molecule has 0 spiro atoms. The summed E-state index contributed by atoms with van der Waals surface area (Å²) in [6.45, 7) is 5.23. The Balaban J connectivity index is 0.00000450. The second-order valence-electron chi connectivity index (χ2n) is 6.62. The minimum absolute atomic E-state index is 0. The molecule has 8 heteroatoms. The van der Waals surface area contributed by atoms with E-state index in [0.29, 0.717) is 36.3 Å². The fraction of sp³-hybridized carbons (Fsp3) is 0.409. The fourth-order valence-corrected chi connectivity index (χ4v) is 2.79. The molecule has 0 fully saturated rings. The Morgan fingerprint density at radius 3 is 1.83 bits per heavy atom. The van der Waals surface area contributed by atoms with E-state index in [1.807, 2.05) is 50.2 Å². The average molecular weight is 529 g/mol. The normalized spacial score (nSPS) is 10.8. The van der Waals surface area contributed by atoms with E-state index in [1.54, 1.807) is 28.4 Å². The molecule has 0 unspecified atom stereocenters. The van der Waals surface area contributed by atoms with E-state index in [1.165, 1.54) is 0 Å². The van der Waals surface area contributed by atoms with Crippen molar-refractivity contribution in [1.82, 2.24) is 10.6 Å². The van der Waals surface area contributed by atoms with Crippen LogP contribution in [-0.2, 0) is 13.1 Å². The van der Waals surface area contributed by atoms with Crippen LogP contribution in [0.2, 0.25) is 0 Å². The van der Waals surface area contributed by atoms with Crippen molar-refractivity contribution >= 4 is 29.9 Å². The molecule has 0 saturated heterocycles. The quantitative estimate of drug-likeness (QED) is 0.291. The maximum Gasteiger partial charge on any atom is 0.203 e. The van der Waals surface area contributed by atoms with E-state index in [9.17, 15) is 0 Å². The first-order valence-electron chi connectivity index (χ1n) is 9.49. The summed E-state index contributed by atoms with van der Waals surface area (Å²) in [5.74, 6) is 3.38. The van der Waals surface area contributed by atoms with Crippen LogP contribution in [0.3, 0.4) is 0 Å². The molecule has 0 amide bonds. The number of nitrogens with zero attached hydrogens (tertiary/aromatic N) is 1. The molecule has 2 N–H and O–H groups in total. The van der Waals surface area contributed by atoms with E-state index in [4.69, 9.17) is 18.9 Å². The number of halogens is 1. The van der Waals surface area contributed by atoms with Gasteiger partial charge in [-0.3, -0.25) is 4.99 Å². The van der Waals surface area contributed by atoms with E-state index >= 15 is 0 Å². The van der Waals surface area contributed by atoms with Gasteiger partial charge in [-0.25, -0.2) is 0 Å². The van der Waals surface area contributed by atoms with E-state index in [-0.39, 0.29) is 30.1 Å². The van der Waals surface area contributed by atoms with E-state index in [2.05, 4.69) is 15.6 Å². The molecule has 0 atom stereocenters. The minimum atomic E-state index is 0. The highest BCUT2D eigenvalue weighted by molar-refractivity contribution is 14.0. The van der Waals surface area contributed by atoms with Gasteiger partial charge >= 0.3 is 0 Å². The van der Waals surface area contributed by atoms with Crippen LogP contribution in [0.25, 0.3) is 0 Å². The Kier molecular flexibility index (Phi) is 11.2. The molecule has 30 heavy (non-hydrogen) atoms. The molecule has 0 saturated carbocycles. The predicted octanol–water partition coefficient (Wildman–Crippen LogP) is 3.98. The highest BCUT2D eigenvalue weighted by Crippen LogP contribution is 2.38. The third-order valence-electron chi connectivity index (χ3n) is 4.16.